The van der Waals surface area contributed by atoms with Crippen molar-refractivity contribution in [1.82, 2.24) is 18.1 Å². The Labute approximate surface area is 287 Å². The van der Waals surface area contributed by atoms with Crippen LogP contribution in [0.5, 0.6) is 0 Å². The van der Waals surface area contributed by atoms with Gasteiger partial charge in [0.15, 0.2) is 0 Å². The Morgan fingerprint density at radius 1 is 0.490 bits per heavy atom. The monoisotopic (exact) mass is 826 g/mol. The van der Waals surface area contributed by atoms with Gasteiger partial charge in [0.1, 0.15) is 12.8 Å². The lowest BCUT2D eigenvalue weighted by Crippen LogP contribution is -2.88. The van der Waals surface area contributed by atoms with Gasteiger partial charge in [0.2, 0.25) is 40.1 Å². The van der Waals surface area contributed by atoms with Gasteiger partial charge < -0.3 is 5.11 Å². The number of sulfonamides is 5. The lowest BCUT2D eigenvalue weighted by Gasteiger charge is -2.51. The molecule has 0 saturated carbocycles. The van der Waals surface area contributed by atoms with Gasteiger partial charge in [-0.1, -0.05) is 66.7 Å². The second-order valence-electron chi connectivity index (χ2n) is 11.3. The van der Waals surface area contributed by atoms with E-state index in [1.807, 2.05) is 0 Å². The summed E-state index contributed by atoms with van der Waals surface area (Å²) in [7, 11) is -31.7. The minimum Gasteiger partial charge on any atom is -0.319 e. The molecule has 0 aliphatic heterocycles. The van der Waals surface area contributed by atoms with Crippen LogP contribution in [-0.4, -0.2) is 117 Å². The Hall–Kier alpha value is -0.840. The first-order valence-corrected chi connectivity index (χ1v) is 23.5. The van der Waals surface area contributed by atoms with Gasteiger partial charge in [-0.25, -0.2) is 33.7 Å². The molecule has 0 amide bonds. The number of rotatable bonds is 26. The molecule has 0 aromatic heterocycles. The molecule has 0 aliphatic carbocycles. The molecular formula is C23H49F5N5O11S5+. The number of aliphatic hydroxyl groups is 1. The van der Waals surface area contributed by atoms with Gasteiger partial charge in [-0.2, -0.15) is 8.42 Å². The van der Waals surface area contributed by atoms with Gasteiger partial charge in [-0.05, 0) is 32.1 Å². The molecule has 0 fully saturated rings. The van der Waals surface area contributed by atoms with E-state index >= 15 is 22.4 Å². The summed E-state index contributed by atoms with van der Waals surface area (Å²) in [6.45, 7) is 6.54. The number of hydrogen-bond acceptors (Lipinski definition) is 11. The predicted molar refractivity (Wildman–Crippen MR) is 170 cm³/mol. The van der Waals surface area contributed by atoms with Gasteiger partial charge in [0, 0.05) is 22.2 Å². The lowest BCUT2D eigenvalue weighted by molar-refractivity contribution is -1.03. The highest BCUT2D eigenvalue weighted by Gasteiger charge is 2.89. The largest absolute Gasteiger partial charge is 0.412 e. The Kier molecular flexibility index (Phi) is 18.0. The number of likely N-dealkylation sites (N-methyl/N-ethyl adjacent to an activating group) is 1. The van der Waals surface area contributed by atoms with E-state index < -0.39 is 152 Å². The summed E-state index contributed by atoms with van der Waals surface area (Å²) >= 11 is 0. The minimum atomic E-state index is -6.28. The van der Waals surface area contributed by atoms with Gasteiger partial charge in [0.05, 0.1) is 27.5 Å². The highest BCUT2D eigenvalue weighted by atomic mass is 32.2. The molecule has 2 unspecified atom stereocenters. The van der Waals surface area contributed by atoms with E-state index in [1.54, 1.807) is 0 Å². The maximum absolute atomic E-state index is 17.2. The molecule has 0 radical (unpaired) electrons. The van der Waals surface area contributed by atoms with E-state index in [0.717, 1.165) is 0 Å². The fraction of sp³-hybridized carbons (Fsp3) is 1.00. The first-order chi connectivity index (χ1) is 22.2. The molecule has 0 saturated heterocycles. The number of unbranched alkanes of at least 4 members (excludes halogenated alkanes) is 5. The zero-order valence-electron chi connectivity index (χ0n) is 28.3. The summed E-state index contributed by atoms with van der Waals surface area (Å²) in [6.07, 6.45) is -3.88. The van der Waals surface area contributed by atoms with Crippen molar-refractivity contribution < 1.29 is 73.7 Å². The zero-order valence-corrected chi connectivity index (χ0v) is 32.4. The van der Waals surface area contributed by atoms with Crippen molar-refractivity contribution in [2.75, 3.05) is 35.8 Å². The third-order valence-electron chi connectivity index (χ3n) is 7.27. The Bertz CT molecular complexity index is 1510. The highest BCUT2D eigenvalue weighted by Crippen LogP contribution is 2.51. The van der Waals surface area contributed by atoms with Crippen molar-refractivity contribution in [1.29, 1.82) is 0 Å². The molecule has 1 N–H and O–H groups in total. The first-order valence-electron chi connectivity index (χ1n) is 15.4. The van der Waals surface area contributed by atoms with E-state index in [1.165, 1.54) is 34.6 Å². The Morgan fingerprint density at radius 3 is 0.959 bits per heavy atom. The SMILES string of the molecule is CCCCS(=O)(=O)N(F)C(N(F)S(=O)(=O)CCCC)(N(F)S(=O)(=O)CCCC)C(O)(N(F)S(=O)(=O)CCCC)[N+](C)(F)S(=O)(=O)CCCC. The number of hydrogen-bond donors (Lipinski definition) is 1. The molecule has 0 aromatic rings. The van der Waals surface area contributed by atoms with E-state index in [2.05, 4.69) is 0 Å². The molecule has 49 heavy (non-hydrogen) atoms. The summed E-state index contributed by atoms with van der Waals surface area (Å²) in [6, 6.07) is 0. The van der Waals surface area contributed by atoms with Crippen molar-refractivity contribution in [2.45, 2.75) is 110 Å². The molecule has 0 aliphatic rings. The van der Waals surface area contributed by atoms with Crippen molar-refractivity contribution in [3.05, 3.63) is 0 Å². The third kappa shape index (κ3) is 9.78. The van der Waals surface area contributed by atoms with Crippen molar-refractivity contribution in [3.63, 3.8) is 0 Å². The quantitative estimate of drug-likeness (QED) is 0.0763. The number of quaternary nitrogens is 1. The normalized spacial score (nSPS) is 16.8. The van der Waals surface area contributed by atoms with Gasteiger partial charge in [-0.15, -0.1) is 17.9 Å². The second-order valence-corrected chi connectivity index (χ2v) is 21.1. The molecule has 0 aromatic carbocycles. The topological polar surface area (TPSA) is 204 Å². The van der Waals surface area contributed by atoms with Gasteiger partial charge in [0.25, 0.3) is 0 Å². The molecule has 0 bridgehead atoms. The molecule has 0 rings (SSSR count). The van der Waals surface area contributed by atoms with Crippen LogP contribution in [0, 0.1) is 0 Å². The second kappa shape index (κ2) is 18.3. The number of nitrogens with zero attached hydrogens (tertiary/aromatic N) is 5. The van der Waals surface area contributed by atoms with Crippen molar-refractivity contribution >= 4 is 50.1 Å². The fourth-order valence-corrected chi connectivity index (χ4v) is 11.8. The van der Waals surface area contributed by atoms with Crippen LogP contribution in [0.4, 0.5) is 22.4 Å². The van der Waals surface area contributed by atoms with Gasteiger partial charge in [-0.3, -0.25) is 0 Å². The lowest BCUT2D eigenvalue weighted by atomic mass is 10.2. The van der Waals surface area contributed by atoms with E-state index in [0.29, 0.717) is 0 Å². The summed E-state index contributed by atoms with van der Waals surface area (Å²) in [4.78, 5) is 0. The molecule has 2 atom stereocenters. The predicted octanol–water partition coefficient (Wildman–Crippen LogP) is 3.01. The van der Waals surface area contributed by atoms with Crippen molar-refractivity contribution in [2.24, 2.45) is 0 Å². The number of halogens is 5. The average molecular weight is 827 g/mol. The Morgan fingerprint density at radius 2 is 0.714 bits per heavy atom. The molecule has 0 heterocycles. The van der Waals surface area contributed by atoms with Gasteiger partial charge >= 0.3 is 21.7 Å². The minimum absolute atomic E-state index is 0.126. The van der Waals surface area contributed by atoms with E-state index in [-0.39, 0.29) is 32.1 Å². The van der Waals surface area contributed by atoms with Crippen LogP contribution in [0.25, 0.3) is 0 Å². The van der Waals surface area contributed by atoms with Crippen LogP contribution in [0.15, 0.2) is 0 Å². The molecular weight excluding hydrogens is 778 g/mol. The molecule has 0 spiro atoms. The van der Waals surface area contributed by atoms with Crippen LogP contribution in [0.2, 0.25) is 0 Å². The summed E-state index contributed by atoms with van der Waals surface area (Å²) < 4.78 is 204. The van der Waals surface area contributed by atoms with Crippen LogP contribution in [-0.2, 0) is 50.1 Å². The third-order valence-corrected chi connectivity index (χ3v) is 15.6. The first kappa shape index (κ1) is 48.2. The fourth-order valence-electron chi connectivity index (χ4n) is 4.16. The Balaban J connectivity index is 9.36. The summed E-state index contributed by atoms with van der Waals surface area (Å²) in [5, 5.41) is 12.0. The van der Waals surface area contributed by atoms with Crippen molar-refractivity contribution in [3.8, 4) is 0 Å². The standard InChI is InChI=1S/C23H49F5N5O11S5/c1-7-12-17-45(35,36)29(24)22(30(25)46(37,38)18-13-8-2,31(26)47(39,40)19-14-9-3)23(34,32(27)48(41,42)20-15-10-4)33(6,28)49(43,44)21-16-11-5/h34H,7-21H2,1-6H3/q+1. The van der Waals surface area contributed by atoms with Crippen LogP contribution < -0.4 is 0 Å². The van der Waals surface area contributed by atoms with E-state index in [4.69, 9.17) is 0 Å². The zero-order chi connectivity index (χ0) is 38.9. The highest BCUT2D eigenvalue weighted by molar-refractivity contribution is 7.91. The van der Waals surface area contributed by atoms with E-state index in [9.17, 15) is 47.2 Å². The molecule has 296 valence electrons. The maximum atomic E-state index is 17.2. The summed E-state index contributed by atoms with van der Waals surface area (Å²) in [5.74, 6) is -20.3. The molecule has 16 nitrogen and oxygen atoms in total. The molecule has 26 heteroatoms. The average Bonchev–Trinajstić information content (AvgIpc) is 3.02. The van der Waals surface area contributed by atoms with Crippen LogP contribution >= 0.6 is 0 Å². The van der Waals surface area contributed by atoms with Crippen LogP contribution in [0.1, 0.15) is 98.8 Å². The smallest absolute Gasteiger partial charge is 0.319 e. The summed E-state index contributed by atoms with van der Waals surface area (Å²) in [5.41, 5.74) is 0. The maximum Gasteiger partial charge on any atom is 0.412 e. The van der Waals surface area contributed by atoms with Crippen LogP contribution in [0.3, 0.4) is 0 Å².